The van der Waals surface area contributed by atoms with Crippen LogP contribution in [0.3, 0.4) is 0 Å². The summed E-state index contributed by atoms with van der Waals surface area (Å²) in [6.45, 7) is 7.97. The SMILES string of the molecule is CCCC(C)(N)C(=O)Nc1nc(CN2CCOCC2)cs1. The molecule has 7 heteroatoms. The van der Waals surface area contributed by atoms with Crippen LogP contribution in [0.4, 0.5) is 5.13 Å². The van der Waals surface area contributed by atoms with Gasteiger partial charge in [0.1, 0.15) is 0 Å². The zero-order valence-corrected chi connectivity index (χ0v) is 13.5. The van der Waals surface area contributed by atoms with Crippen molar-refractivity contribution < 1.29 is 9.53 Å². The van der Waals surface area contributed by atoms with Gasteiger partial charge in [0.2, 0.25) is 5.91 Å². The molecular formula is C14H24N4O2S. The van der Waals surface area contributed by atoms with Gasteiger partial charge in [-0.25, -0.2) is 4.98 Å². The number of thiazole rings is 1. The van der Waals surface area contributed by atoms with E-state index in [-0.39, 0.29) is 5.91 Å². The van der Waals surface area contributed by atoms with Gasteiger partial charge in [0.25, 0.3) is 0 Å². The largest absolute Gasteiger partial charge is 0.379 e. The average Bonchev–Trinajstić information content (AvgIpc) is 2.87. The monoisotopic (exact) mass is 312 g/mol. The molecule has 1 aromatic heterocycles. The first-order valence-corrected chi connectivity index (χ1v) is 8.24. The van der Waals surface area contributed by atoms with Crippen molar-refractivity contribution in [3.8, 4) is 0 Å². The summed E-state index contributed by atoms with van der Waals surface area (Å²) in [6.07, 6.45) is 1.53. The molecule has 1 aliphatic heterocycles. The second kappa shape index (κ2) is 7.31. The van der Waals surface area contributed by atoms with E-state index < -0.39 is 5.54 Å². The Balaban J connectivity index is 1.89. The van der Waals surface area contributed by atoms with Crippen LogP contribution in [-0.4, -0.2) is 47.6 Å². The van der Waals surface area contributed by atoms with Crippen LogP contribution in [0.15, 0.2) is 5.38 Å². The Bertz CT molecular complexity index is 469. The molecule has 6 nitrogen and oxygen atoms in total. The summed E-state index contributed by atoms with van der Waals surface area (Å²) < 4.78 is 5.33. The molecule has 118 valence electrons. The van der Waals surface area contributed by atoms with Gasteiger partial charge in [-0.1, -0.05) is 13.3 Å². The molecule has 1 atom stereocenters. The van der Waals surface area contributed by atoms with Gasteiger partial charge in [-0.05, 0) is 13.3 Å². The number of hydrogen-bond donors (Lipinski definition) is 2. The van der Waals surface area contributed by atoms with E-state index in [4.69, 9.17) is 10.5 Å². The van der Waals surface area contributed by atoms with Crippen LogP contribution in [-0.2, 0) is 16.1 Å². The van der Waals surface area contributed by atoms with Gasteiger partial charge in [-0.2, -0.15) is 0 Å². The molecule has 0 spiro atoms. The average molecular weight is 312 g/mol. The Labute approximate surface area is 129 Å². The minimum atomic E-state index is -0.842. The highest BCUT2D eigenvalue weighted by Gasteiger charge is 2.27. The number of carbonyl (C=O) groups excluding carboxylic acids is 1. The molecular weight excluding hydrogens is 288 g/mol. The number of nitrogens with two attached hydrogens (primary N) is 1. The highest BCUT2D eigenvalue weighted by atomic mass is 32.1. The summed E-state index contributed by atoms with van der Waals surface area (Å²) in [7, 11) is 0. The third-order valence-corrected chi connectivity index (χ3v) is 4.36. The molecule has 2 heterocycles. The number of anilines is 1. The zero-order valence-electron chi connectivity index (χ0n) is 12.7. The van der Waals surface area contributed by atoms with Gasteiger partial charge in [0.15, 0.2) is 5.13 Å². The smallest absolute Gasteiger partial charge is 0.245 e. The second-order valence-corrected chi connectivity index (χ2v) is 6.51. The number of amides is 1. The Morgan fingerprint density at radius 1 is 1.57 bits per heavy atom. The number of hydrogen-bond acceptors (Lipinski definition) is 6. The van der Waals surface area contributed by atoms with E-state index in [2.05, 4.69) is 15.2 Å². The van der Waals surface area contributed by atoms with E-state index in [9.17, 15) is 4.79 Å². The number of nitrogens with zero attached hydrogens (tertiary/aromatic N) is 2. The Morgan fingerprint density at radius 2 is 2.29 bits per heavy atom. The molecule has 1 fully saturated rings. The summed E-state index contributed by atoms with van der Waals surface area (Å²) in [5, 5.41) is 5.43. The normalized spacial score (nSPS) is 19.2. The summed E-state index contributed by atoms with van der Waals surface area (Å²) in [5.41, 5.74) is 6.15. The van der Waals surface area contributed by atoms with E-state index >= 15 is 0 Å². The first-order valence-electron chi connectivity index (χ1n) is 7.36. The maximum atomic E-state index is 12.1. The van der Waals surface area contributed by atoms with Gasteiger partial charge >= 0.3 is 0 Å². The Morgan fingerprint density at radius 3 is 2.95 bits per heavy atom. The van der Waals surface area contributed by atoms with Crippen LogP contribution < -0.4 is 11.1 Å². The number of ether oxygens (including phenoxy) is 1. The second-order valence-electron chi connectivity index (χ2n) is 5.65. The lowest BCUT2D eigenvalue weighted by atomic mass is 9.97. The van der Waals surface area contributed by atoms with Crippen molar-refractivity contribution in [2.75, 3.05) is 31.6 Å². The van der Waals surface area contributed by atoms with Crippen molar-refractivity contribution in [2.24, 2.45) is 5.73 Å². The van der Waals surface area contributed by atoms with Crippen molar-refractivity contribution in [1.29, 1.82) is 0 Å². The van der Waals surface area contributed by atoms with Crippen molar-refractivity contribution in [2.45, 2.75) is 38.8 Å². The number of aromatic nitrogens is 1. The molecule has 0 aromatic carbocycles. The maximum Gasteiger partial charge on any atom is 0.245 e. The highest BCUT2D eigenvalue weighted by Crippen LogP contribution is 2.19. The van der Waals surface area contributed by atoms with Crippen LogP contribution in [0.2, 0.25) is 0 Å². The summed E-state index contributed by atoms with van der Waals surface area (Å²) in [5.74, 6) is -0.170. The van der Waals surface area contributed by atoms with Crippen molar-refractivity contribution in [1.82, 2.24) is 9.88 Å². The maximum absolute atomic E-state index is 12.1. The van der Waals surface area contributed by atoms with E-state index in [0.717, 1.165) is 45.0 Å². The molecule has 0 radical (unpaired) electrons. The fourth-order valence-electron chi connectivity index (χ4n) is 2.30. The predicted molar refractivity (Wildman–Crippen MR) is 84.3 cm³/mol. The van der Waals surface area contributed by atoms with Gasteiger partial charge in [0.05, 0.1) is 24.4 Å². The molecule has 0 aliphatic carbocycles. The third-order valence-electron chi connectivity index (χ3n) is 3.55. The molecule has 2 rings (SSSR count). The third kappa shape index (κ3) is 4.74. The predicted octanol–water partition coefficient (Wildman–Crippen LogP) is 1.43. The molecule has 1 saturated heterocycles. The fraction of sp³-hybridized carbons (Fsp3) is 0.714. The van der Waals surface area contributed by atoms with E-state index in [1.54, 1.807) is 6.92 Å². The lowest BCUT2D eigenvalue weighted by Crippen LogP contribution is -2.48. The first-order chi connectivity index (χ1) is 10.0. The van der Waals surface area contributed by atoms with Gasteiger partial charge in [0, 0.05) is 25.0 Å². The van der Waals surface area contributed by atoms with Crippen molar-refractivity contribution in [3.63, 3.8) is 0 Å². The topological polar surface area (TPSA) is 80.5 Å². The number of nitrogens with one attached hydrogen (secondary N) is 1. The van der Waals surface area contributed by atoms with Gasteiger partial charge in [-0.3, -0.25) is 9.69 Å². The molecule has 3 N–H and O–H groups in total. The molecule has 0 saturated carbocycles. The number of rotatable bonds is 6. The van der Waals surface area contributed by atoms with Crippen molar-refractivity contribution >= 4 is 22.4 Å². The van der Waals surface area contributed by atoms with Crippen LogP contribution in [0.5, 0.6) is 0 Å². The molecule has 1 aromatic rings. The van der Waals surface area contributed by atoms with Crippen molar-refractivity contribution in [3.05, 3.63) is 11.1 Å². The number of carbonyl (C=O) groups is 1. The molecule has 1 unspecified atom stereocenters. The molecule has 1 amide bonds. The zero-order chi connectivity index (χ0) is 15.3. The summed E-state index contributed by atoms with van der Waals surface area (Å²) in [4.78, 5) is 18.9. The quantitative estimate of drug-likeness (QED) is 0.830. The lowest BCUT2D eigenvalue weighted by molar-refractivity contribution is -0.120. The van der Waals surface area contributed by atoms with E-state index in [1.165, 1.54) is 11.3 Å². The van der Waals surface area contributed by atoms with Crippen LogP contribution in [0.25, 0.3) is 0 Å². The van der Waals surface area contributed by atoms with Gasteiger partial charge in [-0.15, -0.1) is 11.3 Å². The standard InChI is InChI=1S/C14H24N4O2S/c1-3-4-14(2,15)12(19)17-13-16-11(10-21-13)9-18-5-7-20-8-6-18/h10H,3-9,15H2,1-2H3,(H,16,17,19). The van der Waals surface area contributed by atoms with E-state index in [1.807, 2.05) is 12.3 Å². The van der Waals surface area contributed by atoms with Crippen LogP contribution in [0, 0.1) is 0 Å². The molecule has 0 bridgehead atoms. The molecule has 1 aliphatic rings. The Hall–Kier alpha value is -1.02. The Kier molecular flexibility index (Phi) is 5.69. The first kappa shape index (κ1) is 16.4. The number of morpholine rings is 1. The minimum Gasteiger partial charge on any atom is -0.379 e. The fourth-order valence-corrected chi connectivity index (χ4v) is 2.99. The highest BCUT2D eigenvalue weighted by molar-refractivity contribution is 7.13. The van der Waals surface area contributed by atoms with Gasteiger partial charge < -0.3 is 15.8 Å². The summed E-state index contributed by atoms with van der Waals surface area (Å²) >= 11 is 1.44. The summed E-state index contributed by atoms with van der Waals surface area (Å²) in [6, 6.07) is 0. The molecule has 21 heavy (non-hydrogen) atoms. The van der Waals surface area contributed by atoms with Crippen LogP contribution in [0.1, 0.15) is 32.4 Å². The lowest BCUT2D eigenvalue weighted by Gasteiger charge is -2.25. The van der Waals surface area contributed by atoms with Crippen LogP contribution >= 0.6 is 11.3 Å². The van der Waals surface area contributed by atoms with E-state index in [0.29, 0.717) is 11.6 Å². The minimum absolute atomic E-state index is 0.170.